The smallest absolute Gasteiger partial charge is 0.341 e. The van der Waals surface area contributed by atoms with Crippen molar-refractivity contribution < 1.29 is 28.2 Å². The van der Waals surface area contributed by atoms with Crippen molar-refractivity contribution in [2.24, 2.45) is 0 Å². The first-order valence-electron chi connectivity index (χ1n) is 9.16. The summed E-state index contributed by atoms with van der Waals surface area (Å²) in [5, 5.41) is 8.95. The van der Waals surface area contributed by atoms with E-state index < -0.39 is 39.7 Å². The lowest BCUT2D eigenvalue weighted by Gasteiger charge is -2.17. The Hall–Kier alpha value is -3.46. The second kappa shape index (κ2) is 7.42. The van der Waals surface area contributed by atoms with E-state index in [1.807, 2.05) is 0 Å². The van der Waals surface area contributed by atoms with Crippen LogP contribution in [0.1, 0.15) is 34.7 Å². The number of benzene rings is 2. The van der Waals surface area contributed by atoms with Crippen molar-refractivity contribution in [3.8, 4) is 11.4 Å². The highest BCUT2D eigenvalue weighted by Crippen LogP contribution is 2.45. The molecule has 3 N–H and O–H groups in total. The first-order chi connectivity index (χ1) is 14.3. The third-order valence-electron chi connectivity index (χ3n) is 5.07. The van der Waals surface area contributed by atoms with Crippen LogP contribution >= 0.6 is 0 Å². The number of nitrogens with zero attached hydrogens (tertiary/aromatic N) is 1. The highest BCUT2D eigenvalue weighted by molar-refractivity contribution is 5.98. The second-order valence-electron chi connectivity index (χ2n) is 7.05. The Morgan fingerprint density at radius 3 is 2.47 bits per heavy atom. The van der Waals surface area contributed by atoms with E-state index >= 15 is 4.39 Å². The van der Waals surface area contributed by atoms with E-state index in [1.165, 1.54) is 11.7 Å². The number of anilines is 1. The molecule has 2 aromatic carbocycles. The van der Waals surface area contributed by atoms with Gasteiger partial charge in [0.15, 0.2) is 18.4 Å². The van der Waals surface area contributed by atoms with E-state index in [4.69, 9.17) is 15.2 Å². The number of carbonyl (C=O) groups is 1. The van der Waals surface area contributed by atoms with Gasteiger partial charge in [-0.1, -0.05) is 0 Å². The van der Waals surface area contributed by atoms with Gasteiger partial charge in [0.25, 0.3) is 0 Å². The lowest BCUT2D eigenvalue weighted by Crippen LogP contribution is -2.21. The van der Waals surface area contributed by atoms with Crippen LogP contribution in [0.4, 0.5) is 14.5 Å². The number of carboxylic acids is 1. The lowest BCUT2D eigenvalue weighted by molar-refractivity contribution is 0.0511. The minimum atomic E-state index is -1.53. The molecule has 7 nitrogen and oxygen atoms in total. The van der Waals surface area contributed by atoms with Crippen molar-refractivity contribution >= 4 is 22.6 Å². The Kier molecular flexibility index (Phi) is 4.90. The Balaban J connectivity index is 2.04. The number of ether oxygens (including phenoxy) is 2. The standard InChI is InChI=1S/C21H18F2N2O5/c1-29-9-30-12-6-4-11(5-7-12)25-8-13(21(27)28)20(26)15-18(24)16(22)14(10-2-3-10)17(23)19(15)25/h4-8,10H,2-3,9,24H2,1H3,(H,27,28). The number of pyridine rings is 1. The summed E-state index contributed by atoms with van der Waals surface area (Å²) in [7, 11) is 1.47. The molecular formula is C21H18F2N2O5. The van der Waals surface area contributed by atoms with Gasteiger partial charge in [0, 0.05) is 24.6 Å². The number of hydrogen-bond acceptors (Lipinski definition) is 5. The Bertz CT molecular complexity index is 1220. The van der Waals surface area contributed by atoms with E-state index in [0.29, 0.717) is 24.3 Å². The van der Waals surface area contributed by atoms with Gasteiger partial charge in [0.05, 0.1) is 16.6 Å². The van der Waals surface area contributed by atoms with Crippen LogP contribution < -0.4 is 15.9 Å². The Morgan fingerprint density at radius 1 is 1.23 bits per heavy atom. The number of rotatable bonds is 6. The zero-order valence-electron chi connectivity index (χ0n) is 15.9. The molecule has 1 saturated carbocycles. The summed E-state index contributed by atoms with van der Waals surface area (Å²) in [6.45, 7) is 0.0264. The third-order valence-corrected chi connectivity index (χ3v) is 5.07. The predicted octanol–water partition coefficient (Wildman–Crippen LogP) is 3.41. The Morgan fingerprint density at radius 2 is 1.90 bits per heavy atom. The average molecular weight is 416 g/mol. The summed E-state index contributed by atoms with van der Waals surface area (Å²) in [5.74, 6) is -3.29. The molecule has 0 unspecified atom stereocenters. The second-order valence-corrected chi connectivity index (χ2v) is 7.05. The molecule has 0 radical (unpaired) electrons. The van der Waals surface area contributed by atoms with Crippen LogP contribution in [-0.4, -0.2) is 29.5 Å². The lowest BCUT2D eigenvalue weighted by atomic mass is 10.0. The van der Waals surface area contributed by atoms with E-state index in [1.54, 1.807) is 24.3 Å². The molecule has 30 heavy (non-hydrogen) atoms. The maximum absolute atomic E-state index is 15.5. The van der Waals surface area contributed by atoms with Crippen molar-refractivity contribution in [1.29, 1.82) is 0 Å². The quantitative estimate of drug-likeness (QED) is 0.472. The molecule has 4 rings (SSSR count). The monoisotopic (exact) mass is 416 g/mol. The van der Waals surface area contributed by atoms with Crippen molar-refractivity contribution in [3.05, 3.63) is 63.4 Å². The van der Waals surface area contributed by atoms with Gasteiger partial charge >= 0.3 is 5.97 Å². The number of aromatic carboxylic acids is 1. The third kappa shape index (κ3) is 3.17. The molecule has 0 spiro atoms. The molecule has 3 aromatic rings. The molecule has 0 amide bonds. The van der Waals surface area contributed by atoms with Crippen molar-refractivity contribution in [3.63, 3.8) is 0 Å². The molecule has 9 heteroatoms. The zero-order valence-corrected chi connectivity index (χ0v) is 15.9. The summed E-state index contributed by atoms with van der Waals surface area (Å²) in [6.07, 6.45) is 2.25. The summed E-state index contributed by atoms with van der Waals surface area (Å²) in [4.78, 5) is 24.3. The SMILES string of the molecule is COCOc1ccc(-n2cc(C(=O)O)c(=O)c3c(N)c(F)c(C4CC4)c(F)c32)cc1. The highest BCUT2D eigenvalue weighted by atomic mass is 19.1. The fraction of sp³-hybridized carbons (Fsp3) is 0.238. The molecule has 156 valence electrons. The highest BCUT2D eigenvalue weighted by Gasteiger charge is 2.34. The van der Waals surface area contributed by atoms with Crippen LogP contribution in [0.25, 0.3) is 16.6 Å². The molecule has 1 aromatic heterocycles. The number of hydrogen-bond donors (Lipinski definition) is 2. The van der Waals surface area contributed by atoms with Gasteiger partial charge in [-0.2, -0.15) is 0 Å². The van der Waals surface area contributed by atoms with Crippen LogP contribution in [-0.2, 0) is 4.74 Å². The number of halogens is 2. The van der Waals surface area contributed by atoms with Crippen LogP contribution in [0.3, 0.4) is 0 Å². The van der Waals surface area contributed by atoms with Crippen molar-refractivity contribution in [2.45, 2.75) is 18.8 Å². The average Bonchev–Trinajstić information content (AvgIpc) is 3.55. The van der Waals surface area contributed by atoms with Gasteiger partial charge in [-0.15, -0.1) is 0 Å². The van der Waals surface area contributed by atoms with Gasteiger partial charge in [-0.3, -0.25) is 4.79 Å². The number of fused-ring (bicyclic) bond motifs is 1. The number of carboxylic acid groups (broad SMARTS) is 1. The summed E-state index contributed by atoms with van der Waals surface area (Å²) >= 11 is 0. The first-order valence-corrected chi connectivity index (χ1v) is 9.16. The number of methoxy groups -OCH3 is 1. The molecule has 1 aliphatic rings. The van der Waals surface area contributed by atoms with E-state index in [-0.39, 0.29) is 23.8 Å². The summed E-state index contributed by atoms with van der Waals surface area (Å²) in [6, 6.07) is 6.25. The van der Waals surface area contributed by atoms with Gasteiger partial charge in [-0.05, 0) is 43.0 Å². The minimum Gasteiger partial charge on any atom is -0.477 e. The molecule has 1 fully saturated rings. The number of aromatic nitrogens is 1. The van der Waals surface area contributed by atoms with Crippen LogP contribution in [0, 0.1) is 11.6 Å². The molecule has 1 aliphatic carbocycles. The molecule has 1 heterocycles. The van der Waals surface area contributed by atoms with Crippen LogP contribution in [0.5, 0.6) is 5.75 Å². The molecular weight excluding hydrogens is 398 g/mol. The van der Waals surface area contributed by atoms with E-state index in [0.717, 1.165) is 6.20 Å². The maximum atomic E-state index is 15.5. The van der Waals surface area contributed by atoms with Crippen molar-refractivity contribution in [2.75, 3.05) is 19.6 Å². The van der Waals surface area contributed by atoms with E-state index in [9.17, 15) is 19.1 Å². The topological polar surface area (TPSA) is 104 Å². The van der Waals surface area contributed by atoms with Gasteiger partial charge in [0.1, 0.15) is 11.3 Å². The molecule has 0 bridgehead atoms. The zero-order chi connectivity index (χ0) is 21.6. The van der Waals surface area contributed by atoms with Crippen LogP contribution in [0.2, 0.25) is 0 Å². The van der Waals surface area contributed by atoms with Crippen molar-refractivity contribution in [1.82, 2.24) is 4.57 Å². The fourth-order valence-corrected chi connectivity index (χ4v) is 3.48. The maximum Gasteiger partial charge on any atom is 0.341 e. The van der Waals surface area contributed by atoms with Gasteiger partial charge in [-0.25, -0.2) is 13.6 Å². The van der Waals surface area contributed by atoms with Gasteiger partial charge < -0.3 is 24.9 Å². The van der Waals surface area contributed by atoms with Crippen LogP contribution in [0.15, 0.2) is 35.3 Å². The minimum absolute atomic E-state index is 0.0264. The normalized spacial score (nSPS) is 13.6. The summed E-state index contributed by atoms with van der Waals surface area (Å²) < 4.78 is 41.6. The summed E-state index contributed by atoms with van der Waals surface area (Å²) in [5.41, 5.74) is 3.56. The fourth-order valence-electron chi connectivity index (χ4n) is 3.48. The van der Waals surface area contributed by atoms with E-state index in [2.05, 4.69) is 0 Å². The first kappa shape index (κ1) is 19.8. The number of nitrogens with two attached hydrogens (primary N) is 1. The van der Waals surface area contributed by atoms with Gasteiger partial charge in [0.2, 0.25) is 5.43 Å². The molecule has 0 saturated heterocycles. The molecule has 0 aliphatic heterocycles. The molecule has 0 atom stereocenters. The number of nitrogen functional groups attached to an aromatic ring is 1. The predicted molar refractivity (Wildman–Crippen MR) is 105 cm³/mol. The Labute approximate surface area is 169 Å². The largest absolute Gasteiger partial charge is 0.477 e.